The molecule has 3 heteroatoms. The summed E-state index contributed by atoms with van der Waals surface area (Å²) in [4.78, 5) is 6.94. The Morgan fingerprint density at radius 2 is 2.20 bits per heavy atom. The van der Waals surface area contributed by atoms with Gasteiger partial charge in [0.15, 0.2) is 0 Å². The van der Waals surface area contributed by atoms with Gasteiger partial charge in [-0.25, -0.2) is 4.98 Å². The number of fused-ring (bicyclic) bond motifs is 1. The third-order valence-corrected chi connectivity index (χ3v) is 3.98. The number of pyridine rings is 1. The maximum absolute atomic E-state index is 4.69. The molecule has 3 heterocycles. The fourth-order valence-electron chi connectivity index (χ4n) is 2.62. The first-order valence-electron chi connectivity index (χ1n) is 7.46. The lowest BCUT2D eigenvalue weighted by molar-refractivity contribution is 0.575. The van der Waals surface area contributed by atoms with E-state index in [0.29, 0.717) is 0 Å². The molecule has 2 aromatic heterocycles. The van der Waals surface area contributed by atoms with Crippen molar-refractivity contribution in [3.63, 3.8) is 0 Å². The Bertz CT molecular complexity index is 704. The summed E-state index contributed by atoms with van der Waals surface area (Å²) in [5.74, 6) is 0.796. The summed E-state index contributed by atoms with van der Waals surface area (Å²) in [6, 6.07) is 4.37. The van der Waals surface area contributed by atoms with E-state index in [1.54, 1.807) is 0 Å². The standard InChI is InChI=1S/C17H19N3/c1-2-3-4-16-12-19(16)10-15-11-20-9-14(13-5-6-13)7-8-17(20)18-15/h3-4,7-9,11-13H,2,5-6,10H2,1H3/b4-3+. The lowest BCUT2D eigenvalue weighted by Crippen LogP contribution is -1.98. The highest BCUT2D eigenvalue weighted by atomic mass is 15.2. The second-order valence-corrected chi connectivity index (χ2v) is 5.73. The van der Waals surface area contributed by atoms with Crippen molar-refractivity contribution in [3.05, 3.63) is 59.8 Å². The number of hydrogen-bond acceptors (Lipinski definition) is 2. The van der Waals surface area contributed by atoms with Crippen LogP contribution in [0.4, 0.5) is 0 Å². The van der Waals surface area contributed by atoms with E-state index in [-0.39, 0.29) is 0 Å². The maximum Gasteiger partial charge on any atom is 0.137 e. The van der Waals surface area contributed by atoms with Crippen molar-refractivity contribution >= 4 is 5.65 Å². The summed E-state index contributed by atoms with van der Waals surface area (Å²) in [7, 11) is 0. The molecular weight excluding hydrogens is 246 g/mol. The fourth-order valence-corrected chi connectivity index (χ4v) is 2.62. The van der Waals surface area contributed by atoms with Crippen molar-refractivity contribution in [2.45, 2.75) is 38.6 Å². The van der Waals surface area contributed by atoms with Crippen LogP contribution in [-0.4, -0.2) is 14.3 Å². The van der Waals surface area contributed by atoms with Gasteiger partial charge in [0.25, 0.3) is 0 Å². The first kappa shape index (κ1) is 11.8. The largest absolute Gasteiger partial charge is 0.339 e. The molecule has 0 amide bonds. The Balaban J connectivity index is 1.49. The number of aromatic nitrogens is 2. The average molecular weight is 265 g/mol. The molecule has 0 spiro atoms. The predicted molar refractivity (Wildman–Crippen MR) is 80.2 cm³/mol. The third-order valence-electron chi connectivity index (χ3n) is 3.98. The molecule has 20 heavy (non-hydrogen) atoms. The van der Waals surface area contributed by atoms with E-state index in [1.165, 1.54) is 24.1 Å². The van der Waals surface area contributed by atoms with E-state index in [0.717, 1.165) is 30.2 Å². The van der Waals surface area contributed by atoms with E-state index < -0.39 is 0 Å². The Kier molecular flexibility index (Phi) is 2.66. The highest BCUT2D eigenvalue weighted by molar-refractivity contribution is 5.43. The van der Waals surface area contributed by atoms with Gasteiger partial charge in [-0.1, -0.05) is 19.1 Å². The summed E-state index contributed by atoms with van der Waals surface area (Å²) in [5.41, 5.74) is 4.95. The van der Waals surface area contributed by atoms with E-state index >= 15 is 0 Å². The maximum atomic E-state index is 4.69. The lowest BCUT2D eigenvalue weighted by atomic mass is 10.2. The molecule has 0 N–H and O–H groups in total. The average Bonchev–Trinajstić information content (AvgIpc) is 3.35. The SMILES string of the molecule is CC/C=C/C1=CN1Cc1cn2cc(C3CC3)ccc2n1. The summed E-state index contributed by atoms with van der Waals surface area (Å²) in [5, 5.41) is 0. The molecule has 2 aromatic rings. The van der Waals surface area contributed by atoms with Gasteiger partial charge in [-0.05, 0) is 42.9 Å². The van der Waals surface area contributed by atoms with E-state index in [1.807, 2.05) is 0 Å². The first-order chi connectivity index (χ1) is 9.83. The quantitative estimate of drug-likeness (QED) is 0.818. The zero-order valence-electron chi connectivity index (χ0n) is 11.8. The lowest BCUT2D eigenvalue weighted by Gasteiger charge is -2.00. The predicted octanol–water partition coefficient (Wildman–Crippen LogP) is 3.83. The van der Waals surface area contributed by atoms with E-state index in [9.17, 15) is 0 Å². The second-order valence-electron chi connectivity index (χ2n) is 5.73. The minimum Gasteiger partial charge on any atom is -0.339 e. The van der Waals surface area contributed by atoms with Gasteiger partial charge < -0.3 is 9.30 Å². The van der Waals surface area contributed by atoms with Gasteiger partial charge in [-0.15, -0.1) is 0 Å². The molecule has 1 fully saturated rings. The van der Waals surface area contributed by atoms with Crippen molar-refractivity contribution < 1.29 is 0 Å². The molecule has 0 aromatic carbocycles. The van der Waals surface area contributed by atoms with Crippen molar-refractivity contribution in [2.75, 3.05) is 0 Å². The third kappa shape index (κ3) is 2.24. The molecule has 0 bridgehead atoms. The summed E-state index contributed by atoms with van der Waals surface area (Å²) >= 11 is 0. The van der Waals surface area contributed by atoms with Gasteiger partial charge in [-0.3, -0.25) is 0 Å². The Morgan fingerprint density at radius 1 is 1.30 bits per heavy atom. The fraction of sp³-hybridized carbons (Fsp3) is 0.353. The Labute approximate surface area is 119 Å². The van der Waals surface area contributed by atoms with Gasteiger partial charge in [0.1, 0.15) is 5.65 Å². The highest BCUT2D eigenvalue weighted by Crippen LogP contribution is 2.39. The number of imidazole rings is 1. The molecule has 1 aliphatic carbocycles. The molecule has 102 valence electrons. The smallest absolute Gasteiger partial charge is 0.137 e. The zero-order chi connectivity index (χ0) is 13.5. The molecule has 0 unspecified atom stereocenters. The van der Waals surface area contributed by atoms with Crippen molar-refractivity contribution in [2.24, 2.45) is 0 Å². The molecule has 0 saturated heterocycles. The Morgan fingerprint density at radius 3 is 3.00 bits per heavy atom. The monoisotopic (exact) mass is 265 g/mol. The van der Waals surface area contributed by atoms with Crippen LogP contribution in [0.25, 0.3) is 5.65 Å². The molecule has 4 rings (SSSR count). The minimum atomic E-state index is 0.796. The molecular formula is C17H19N3. The van der Waals surface area contributed by atoms with Gasteiger partial charge in [0.2, 0.25) is 0 Å². The second kappa shape index (κ2) is 4.51. The first-order valence-corrected chi connectivity index (χ1v) is 7.46. The topological polar surface area (TPSA) is 20.3 Å². The normalized spacial score (nSPS) is 18.1. The van der Waals surface area contributed by atoms with Crippen LogP contribution in [0.2, 0.25) is 0 Å². The van der Waals surface area contributed by atoms with Gasteiger partial charge in [0, 0.05) is 18.6 Å². The molecule has 2 aliphatic rings. The van der Waals surface area contributed by atoms with Crippen LogP contribution < -0.4 is 0 Å². The van der Waals surface area contributed by atoms with E-state index in [2.05, 4.69) is 59.1 Å². The number of nitrogens with zero attached hydrogens (tertiary/aromatic N) is 3. The molecule has 0 atom stereocenters. The van der Waals surface area contributed by atoms with Crippen LogP contribution in [0.15, 0.2) is 48.6 Å². The van der Waals surface area contributed by atoms with Crippen LogP contribution in [0.3, 0.4) is 0 Å². The molecule has 1 saturated carbocycles. The summed E-state index contributed by atoms with van der Waals surface area (Å²) in [6.07, 6.45) is 14.7. The van der Waals surface area contributed by atoms with Gasteiger partial charge in [0.05, 0.1) is 17.9 Å². The van der Waals surface area contributed by atoms with Gasteiger partial charge in [-0.2, -0.15) is 0 Å². The van der Waals surface area contributed by atoms with Crippen molar-refractivity contribution in [1.29, 1.82) is 0 Å². The van der Waals surface area contributed by atoms with Crippen LogP contribution in [0.5, 0.6) is 0 Å². The summed E-state index contributed by atoms with van der Waals surface area (Å²) < 4.78 is 2.17. The minimum absolute atomic E-state index is 0.796. The number of allylic oxidation sites excluding steroid dienone is 2. The number of rotatable bonds is 5. The zero-order valence-corrected chi connectivity index (χ0v) is 11.8. The van der Waals surface area contributed by atoms with Gasteiger partial charge >= 0.3 is 0 Å². The van der Waals surface area contributed by atoms with Crippen LogP contribution >= 0.6 is 0 Å². The molecule has 0 radical (unpaired) electrons. The van der Waals surface area contributed by atoms with Crippen LogP contribution in [0.1, 0.15) is 43.4 Å². The summed E-state index contributed by atoms with van der Waals surface area (Å²) in [6.45, 7) is 3.03. The van der Waals surface area contributed by atoms with Crippen molar-refractivity contribution in [3.8, 4) is 0 Å². The highest BCUT2D eigenvalue weighted by Gasteiger charge is 2.24. The molecule has 3 nitrogen and oxygen atoms in total. The van der Waals surface area contributed by atoms with Crippen molar-refractivity contribution in [1.82, 2.24) is 14.3 Å². The van der Waals surface area contributed by atoms with Crippen LogP contribution in [0, 0.1) is 0 Å². The molecule has 1 aliphatic heterocycles. The van der Waals surface area contributed by atoms with E-state index in [4.69, 9.17) is 4.98 Å². The van der Waals surface area contributed by atoms with Crippen LogP contribution in [-0.2, 0) is 6.54 Å². The Hall–Kier alpha value is -2.03. The number of hydrogen-bond donors (Lipinski definition) is 0.